The Bertz CT molecular complexity index is 181. The fourth-order valence-corrected chi connectivity index (χ4v) is 1.16. The normalized spacial score (nSPS) is 14.8. The van der Waals surface area contributed by atoms with Crippen LogP contribution in [-0.4, -0.2) is 5.78 Å². The zero-order valence-electron chi connectivity index (χ0n) is 8.13. The molecule has 68 valence electrons. The van der Waals surface area contributed by atoms with Crippen LogP contribution in [0.2, 0.25) is 0 Å². The Kier molecular flexibility index (Phi) is 5.36. The van der Waals surface area contributed by atoms with Gasteiger partial charge in [-0.25, -0.2) is 0 Å². The van der Waals surface area contributed by atoms with E-state index in [2.05, 4.69) is 6.07 Å². The van der Waals surface area contributed by atoms with E-state index in [-0.39, 0.29) is 17.6 Å². The largest absolute Gasteiger partial charge is 0.299 e. The molecule has 0 saturated heterocycles. The Morgan fingerprint density at radius 1 is 1.42 bits per heavy atom. The molecule has 0 amide bonds. The fraction of sp³-hybridized carbons (Fsp3) is 0.800. The van der Waals surface area contributed by atoms with Crippen molar-refractivity contribution in [1.82, 2.24) is 0 Å². The van der Waals surface area contributed by atoms with Crippen molar-refractivity contribution in [3.63, 3.8) is 0 Å². The van der Waals surface area contributed by atoms with Crippen molar-refractivity contribution in [2.24, 2.45) is 11.8 Å². The van der Waals surface area contributed by atoms with E-state index in [1.54, 1.807) is 0 Å². The summed E-state index contributed by atoms with van der Waals surface area (Å²) in [5.41, 5.74) is 0. The van der Waals surface area contributed by atoms with Gasteiger partial charge in [0, 0.05) is 18.3 Å². The monoisotopic (exact) mass is 167 g/mol. The van der Waals surface area contributed by atoms with Crippen LogP contribution >= 0.6 is 0 Å². The van der Waals surface area contributed by atoms with E-state index in [1.807, 2.05) is 20.8 Å². The number of carbonyl (C=O) groups excluding carboxylic acids is 1. The molecule has 0 aliphatic heterocycles. The Labute approximate surface area is 74.6 Å². The van der Waals surface area contributed by atoms with E-state index >= 15 is 0 Å². The molecule has 0 aromatic heterocycles. The second-order valence-electron chi connectivity index (χ2n) is 3.18. The van der Waals surface area contributed by atoms with Gasteiger partial charge in [-0.15, -0.1) is 0 Å². The number of ketones is 1. The molecule has 0 spiro atoms. The summed E-state index contributed by atoms with van der Waals surface area (Å²) in [7, 11) is 0. The summed E-state index contributed by atoms with van der Waals surface area (Å²) in [6.45, 7) is 5.90. The van der Waals surface area contributed by atoms with Crippen LogP contribution in [0.4, 0.5) is 0 Å². The van der Waals surface area contributed by atoms with Gasteiger partial charge >= 0.3 is 0 Å². The Morgan fingerprint density at radius 3 is 2.33 bits per heavy atom. The third kappa shape index (κ3) is 3.04. The minimum Gasteiger partial charge on any atom is -0.299 e. The first kappa shape index (κ1) is 11.2. The molecule has 0 bridgehead atoms. The van der Waals surface area contributed by atoms with Gasteiger partial charge in [-0.05, 0) is 12.8 Å². The molecule has 0 aromatic rings. The number of nitriles is 1. The molecular formula is C10H17NO. The Morgan fingerprint density at radius 2 is 2.00 bits per heavy atom. The van der Waals surface area contributed by atoms with Gasteiger partial charge in [0.2, 0.25) is 0 Å². The number of hydrogen-bond donors (Lipinski definition) is 0. The summed E-state index contributed by atoms with van der Waals surface area (Å²) in [5.74, 6) is 0.329. The lowest BCUT2D eigenvalue weighted by atomic mass is 9.89. The second kappa shape index (κ2) is 5.77. The standard InChI is InChI=1S/C10H17NO/c1-4-8(3)10(12)9(5-2)6-7-11/h8-9H,4-6H2,1-3H3. The summed E-state index contributed by atoms with van der Waals surface area (Å²) in [4.78, 5) is 11.5. The van der Waals surface area contributed by atoms with Crippen molar-refractivity contribution in [2.75, 3.05) is 0 Å². The molecule has 2 atom stereocenters. The van der Waals surface area contributed by atoms with E-state index in [0.29, 0.717) is 6.42 Å². The van der Waals surface area contributed by atoms with Crippen molar-refractivity contribution in [2.45, 2.75) is 40.0 Å². The van der Waals surface area contributed by atoms with Gasteiger partial charge in [-0.1, -0.05) is 20.8 Å². The number of carbonyl (C=O) groups is 1. The molecule has 0 heterocycles. The molecule has 0 N–H and O–H groups in total. The number of rotatable bonds is 5. The molecule has 0 aliphatic carbocycles. The van der Waals surface area contributed by atoms with Gasteiger partial charge < -0.3 is 0 Å². The van der Waals surface area contributed by atoms with Crippen LogP contribution in [0.15, 0.2) is 0 Å². The maximum absolute atomic E-state index is 11.5. The molecule has 0 aromatic carbocycles. The molecular weight excluding hydrogens is 150 g/mol. The molecule has 0 fully saturated rings. The van der Waals surface area contributed by atoms with Gasteiger partial charge in [0.15, 0.2) is 0 Å². The third-order valence-corrected chi connectivity index (χ3v) is 2.33. The van der Waals surface area contributed by atoms with E-state index in [0.717, 1.165) is 12.8 Å². The SMILES string of the molecule is CCC(C)C(=O)C(CC)CC#N. The molecule has 0 radical (unpaired) electrons. The lowest BCUT2D eigenvalue weighted by Crippen LogP contribution is -2.20. The van der Waals surface area contributed by atoms with Gasteiger partial charge in [0.25, 0.3) is 0 Å². The predicted octanol–water partition coefficient (Wildman–Crippen LogP) is 2.54. The van der Waals surface area contributed by atoms with Crippen molar-refractivity contribution in [1.29, 1.82) is 5.26 Å². The number of Topliss-reactive ketones (excluding diaryl/α,β-unsaturated/α-hetero) is 1. The maximum Gasteiger partial charge on any atom is 0.139 e. The average molecular weight is 167 g/mol. The number of hydrogen-bond acceptors (Lipinski definition) is 2. The first-order valence-corrected chi connectivity index (χ1v) is 4.57. The highest BCUT2D eigenvalue weighted by Crippen LogP contribution is 2.16. The van der Waals surface area contributed by atoms with Crippen molar-refractivity contribution >= 4 is 5.78 Å². The van der Waals surface area contributed by atoms with Crippen LogP contribution in [-0.2, 0) is 4.79 Å². The molecule has 2 heteroatoms. The summed E-state index contributed by atoms with van der Waals surface area (Å²) in [6, 6.07) is 2.06. The van der Waals surface area contributed by atoms with Crippen molar-refractivity contribution in [3.8, 4) is 6.07 Å². The van der Waals surface area contributed by atoms with Crippen molar-refractivity contribution < 1.29 is 4.79 Å². The molecule has 0 aliphatic rings. The van der Waals surface area contributed by atoms with Crippen molar-refractivity contribution in [3.05, 3.63) is 0 Å². The van der Waals surface area contributed by atoms with Crippen LogP contribution in [0.3, 0.4) is 0 Å². The van der Waals surface area contributed by atoms with Gasteiger partial charge in [0.1, 0.15) is 5.78 Å². The molecule has 0 rings (SSSR count). The summed E-state index contributed by atoms with van der Waals surface area (Å²) in [6.07, 6.45) is 2.04. The highest BCUT2D eigenvalue weighted by Gasteiger charge is 2.20. The number of nitrogens with zero attached hydrogens (tertiary/aromatic N) is 1. The van der Waals surface area contributed by atoms with Gasteiger partial charge in [-0.2, -0.15) is 5.26 Å². The smallest absolute Gasteiger partial charge is 0.139 e. The summed E-state index contributed by atoms with van der Waals surface area (Å²) < 4.78 is 0. The summed E-state index contributed by atoms with van der Waals surface area (Å²) in [5, 5.41) is 8.47. The first-order valence-electron chi connectivity index (χ1n) is 4.57. The van der Waals surface area contributed by atoms with Crippen LogP contribution in [0.5, 0.6) is 0 Å². The van der Waals surface area contributed by atoms with Gasteiger partial charge in [0.05, 0.1) is 6.07 Å². The van der Waals surface area contributed by atoms with Crippen LogP contribution < -0.4 is 0 Å². The fourth-order valence-electron chi connectivity index (χ4n) is 1.16. The zero-order chi connectivity index (χ0) is 9.56. The molecule has 2 unspecified atom stereocenters. The van der Waals surface area contributed by atoms with E-state index in [4.69, 9.17) is 5.26 Å². The maximum atomic E-state index is 11.5. The van der Waals surface area contributed by atoms with Crippen LogP contribution in [0, 0.1) is 23.2 Å². The minimum atomic E-state index is -0.0371. The lowest BCUT2D eigenvalue weighted by molar-refractivity contribution is -0.126. The Balaban J connectivity index is 4.13. The quantitative estimate of drug-likeness (QED) is 0.631. The van der Waals surface area contributed by atoms with Gasteiger partial charge in [-0.3, -0.25) is 4.79 Å². The topological polar surface area (TPSA) is 40.9 Å². The zero-order valence-corrected chi connectivity index (χ0v) is 8.13. The second-order valence-corrected chi connectivity index (χ2v) is 3.18. The van der Waals surface area contributed by atoms with E-state index < -0.39 is 0 Å². The Hall–Kier alpha value is -0.840. The van der Waals surface area contributed by atoms with Crippen LogP contribution in [0.25, 0.3) is 0 Å². The average Bonchev–Trinajstić information content (AvgIpc) is 2.11. The van der Waals surface area contributed by atoms with E-state index in [9.17, 15) is 4.79 Å². The predicted molar refractivity (Wildman–Crippen MR) is 48.5 cm³/mol. The summed E-state index contributed by atoms with van der Waals surface area (Å²) >= 11 is 0. The molecule has 0 saturated carbocycles. The molecule has 2 nitrogen and oxygen atoms in total. The van der Waals surface area contributed by atoms with E-state index in [1.165, 1.54) is 0 Å². The highest BCUT2D eigenvalue weighted by molar-refractivity contribution is 5.83. The first-order chi connectivity index (χ1) is 5.67. The minimum absolute atomic E-state index is 0.0371. The molecule has 12 heavy (non-hydrogen) atoms. The van der Waals surface area contributed by atoms with Crippen LogP contribution in [0.1, 0.15) is 40.0 Å². The lowest BCUT2D eigenvalue weighted by Gasteiger charge is -2.14. The third-order valence-electron chi connectivity index (χ3n) is 2.33. The highest BCUT2D eigenvalue weighted by atomic mass is 16.1.